The minimum absolute atomic E-state index is 0.503. The van der Waals surface area contributed by atoms with Crippen molar-refractivity contribution < 1.29 is 9.53 Å². The van der Waals surface area contributed by atoms with Gasteiger partial charge in [-0.3, -0.25) is 4.79 Å². The molecular formula is C12H12O2. The van der Waals surface area contributed by atoms with Crippen molar-refractivity contribution in [3.8, 4) is 5.75 Å². The fourth-order valence-corrected chi connectivity index (χ4v) is 0.981. The van der Waals surface area contributed by atoms with E-state index in [1.165, 1.54) is 6.08 Å². The van der Waals surface area contributed by atoms with Gasteiger partial charge in [0.05, 0.1) is 0 Å². The number of allylic oxidation sites excluding steroid dienone is 1. The van der Waals surface area contributed by atoms with E-state index < -0.39 is 0 Å². The summed E-state index contributed by atoms with van der Waals surface area (Å²) in [6.45, 7) is 4.06. The molecule has 0 N–H and O–H groups in total. The van der Waals surface area contributed by atoms with Crippen molar-refractivity contribution in [1.29, 1.82) is 0 Å². The molecule has 0 amide bonds. The Bertz CT molecular complexity index is 323. The third kappa shape index (κ3) is 3.27. The van der Waals surface area contributed by atoms with Gasteiger partial charge < -0.3 is 4.74 Å². The molecule has 72 valence electrons. The lowest BCUT2D eigenvalue weighted by Gasteiger charge is -2.02. The first-order valence-corrected chi connectivity index (χ1v) is 4.32. The van der Waals surface area contributed by atoms with Gasteiger partial charge in [-0.25, -0.2) is 0 Å². The van der Waals surface area contributed by atoms with Crippen LogP contribution in [0.15, 0.2) is 43.0 Å². The zero-order valence-electron chi connectivity index (χ0n) is 7.85. The lowest BCUT2D eigenvalue weighted by molar-refractivity contribution is -0.104. The van der Waals surface area contributed by atoms with E-state index in [4.69, 9.17) is 4.74 Å². The minimum atomic E-state index is 0.503. The van der Waals surface area contributed by atoms with Gasteiger partial charge in [-0.15, -0.1) is 0 Å². The van der Waals surface area contributed by atoms with Crippen LogP contribution in [0.1, 0.15) is 5.56 Å². The molecule has 0 unspecified atom stereocenters. The van der Waals surface area contributed by atoms with Crippen LogP contribution in [0, 0.1) is 0 Å². The third-order valence-electron chi connectivity index (χ3n) is 1.62. The van der Waals surface area contributed by atoms with Crippen LogP contribution in [-0.2, 0) is 4.79 Å². The SMILES string of the molecule is C=CCOc1ccc(/C=C/C=O)cc1. The second-order valence-electron chi connectivity index (χ2n) is 2.66. The average Bonchev–Trinajstić information content (AvgIpc) is 2.25. The highest BCUT2D eigenvalue weighted by molar-refractivity contribution is 5.73. The maximum absolute atomic E-state index is 10.1. The van der Waals surface area contributed by atoms with Crippen molar-refractivity contribution in [2.75, 3.05) is 6.61 Å². The molecule has 1 aromatic rings. The predicted octanol–water partition coefficient (Wildman–Crippen LogP) is 2.46. The first-order chi connectivity index (χ1) is 6.86. The summed E-state index contributed by atoms with van der Waals surface area (Å²) in [6.07, 6.45) is 5.65. The smallest absolute Gasteiger partial charge is 0.142 e. The summed E-state index contributed by atoms with van der Waals surface area (Å²) < 4.78 is 5.30. The third-order valence-corrected chi connectivity index (χ3v) is 1.62. The van der Waals surface area contributed by atoms with Crippen LogP contribution in [0.4, 0.5) is 0 Å². The second kappa shape index (κ2) is 5.75. The lowest BCUT2D eigenvalue weighted by atomic mass is 10.2. The molecule has 1 aromatic carbocycles. The van der Waals surface area contributed by atoms with Gasteiger partial charge in [-0.05, 0) is 23.8 Å². The second-order valence-corrected chi connectivity index (χ2v) is 2.66. The Labute approximate surface area is 83.5 Å². The molecule has 2 nitrogen and oxygen atoms in total. The molecule has 0 aliphatic carbocycles. The predicted molar refractivity (Wildman–Crippen MR) is 57.2 cm³/mol. The fourth-order valence-electron chi connectivity index (χ4n) is 0.981. The van der Waals surface area contributed by atoms with Crippen LogP contribution in [-0.4, -0.2) is 12.9 Å². The summed E-state index contributed by atoms with van der Waals surface area (Å²) in [5, 5.41) is 0. The van der Waals surface area contributed by atoms with E-state index in [1.807, 2.05) is 24.3 Å². The summed E-state index contributed by atoms with van der Waals surface area (Å²) >= 11 is 0. The number of hydrogen-bond donors (Lipinski definition) is 0. The van der Waals surface area contributed by atoms with Gasteiger partial charge in [-0.2, -0.15) is 0 Å². The first-order valence-electron chi connectivity index (χ1n) is 4.32. The maximum Gasteiger partial charge on any atom is 0.142 e. The molecular weight excluding hydrogens is 176 g/mol. The number of aldehydes is 1. The summed E-state index contributed by atoms with van der Waals surface area (Å²) in [6, 6.07) is 7.48. The number of rotatable bonds is 5. The van der Waals surface area contributed by atoms with Gasteiger partial charge in [0, 0.05) is 0 Å². The normalized spacial score (nSPS) is 10.0. The Morgan fingerprint density at radius 1 is 1.29 bits per heavy atom. The van der Waals surface area contributed by atoms with Gasteiger partial charge in [-0.1, -0.05) is 30.9 Å². The Morgan fingerprint density at radius 3 is 2.57 bits per heavy atom. The summed E-state index contributed by atoms with van der Waals surface area (Å²) in [4.78, 5) is 10.1. The van der Waals surface area contributed by atoms with Crippen LogP contribution in [0.2, 0.25) is 0 Å². The monoisotopic (exact) mass is 188 g/mol. The van der Waals surface area contributed by atoms with E-state index in [0.29, 0.717) is 6.61 Å². The molecule has 0 bridgehead atoms. The highest BCUT2D eigenvalue weighted by Gasteiger charge is 1.90. The van der Waals surface area contributed by atoms with Crippen LogP contribution < -0.4 is 4.74 Å². The summed E-state index contributed by atoms with van der Waals surface area (Å²) in [5.74, 6) is 0.799. The molecule has 1 rings (SSSR count). The van der Waals surface area contributed by atoms with Crippen molar-refractivity contribution in [1.82, 2.24) is 0 Å². The number of carbonyl (C=O) groups is 1. The molecule has 0 saturated heterocycles. The molecule has 0 aromatic heterocycles. The molecule has 0 atom stereocenters. The van der Waals surface area contributed by atoms with Gasteiger partial charge in [0.1, 0.15) is 18.6 Å². The highest BCUT2D eigenvalue weighted by Crippen LogP contribution is 2.12. The molecule has 0 spiro atoms. The number of hydrogen-bond acceptors (Lipinski definition) is 2. The molecule has 0 aliphatic rings. The van der Waals surface area contributed by atoms with Crippen molar-refractivity contribution in [3.63, 3.8) is 0 Å². The zero-order chi connectivity index (χ0) is 10.2. The number of benzene rings is 1. The van der Waals surface area contributed by atoms with Gasteiger partial charge in [0.25, 0.3) is 0 Å². The fraction of sp³-hybridized carbons (Fsp3) is 0.0833. The molecule has 0 aliphatic heterocycles. The largest absolute Gasteiger partial charge is 0.490 e. The highest BCUT2D eigenvalue weighted by atomic mass is 16.5. The van der Waals surface area contributed by atoms with Crippen LogP contribution in [0.25, 0.3) is 6.08 Å². The van der Waals surface area contributed by atoms with Crippen LogP contribution in [0.3, 0.4) is 0 Å². The average molecular weight is 188 g/mol. The Kier molecular flexibility index (Phi) is 4.21. The van der Waals surface area contributed by atoms with Crippen molar-refractivity contribution in [3.05, 3.63) is 48.6 Å². The van der Waals surface area contributed by atoms with Gasteiger partial charge in [0.15, 0.2) is 0 Å². The van der Waals surface area contributed by atoms with E-state index in [1.54, 1.807) is 12.2 Å². The Morgan fingerprint density at radius 2 is 2.00 bits per heavy atom. The molecule has 14 heavy (non-hydrogen) atoms. The molecule has 0 fully saturated rings. The van der Waals surface area contributed by atoms with Gasteiger partial charge in [0.2, 0.25) is 0 Å². The van der Waals surface area contributed by atoms with E-state index in [0.717, 1.165) is 17.6 Å². The molecule has 0 saturated carbocycles. The molecule has 0 heterocycles. The van der Waals surface area contributed by atoms with E-state index in [9.17, 15) is 4.79 Å². The van der Waals surface area contributed by atoms with Crippen molar-refractivity contribution in [2.45, 2.75) is 0 Å². The van der Waals surface area contributed by atoms with Crippen molar-refractivity contribution in [2.24, 2.45) is 0 Å². The molecule has 2 heteroatoms. The summed E-state index contributed by atoms with van der Waals surface area (Å²) in [7, 11) is 0. The minimum Gasteiger partial charge on any atom is -0.490 e. The van der Waals surface area contributed by atoms with Crippen LogP contribution in [0.5, 0.6) is 5.75 Å². The topological polar surface area (TPSA) is 26.3 Å². The maximum atomic E-state index is 10.1. The Balaban J connectivity index is 2.63. The summed E-state index contributed by atoms with van der Waals surface area (Å²) in [5.41, 5.74) is 0.975. The number of ether oxygens (including phenoxy) is 1. The van der Waals surface area contributed by atoms with Gasteiger partial charge >= 0.3 is 0 Å². The Hall–Kier alpha value is -1.83. The van der Waals surface area contributed by atoms with E-state index in [-0.39, 0.29) is 0 Å². The first kappa shape index (κ1) is 10.3. The van der Waals surface area contributed by atoms with E-state index >= 15 is 0 Å². The quantitative estimate of drug-likeness (QED) is 0.403. The molecule has 0 radical (unpaired) electrons. The lowest BCUT2D eigenvalue weighted by Crippen LogP contribution is -1.91. The number of carbonyl (C=O) groups excluding carboxylic acids is 1. The van der Waals surface area contributed by atoms with E-state index in [2.05, 4.69) is 6.58 Å². The van der Waals surface area contributed by atoms with Crippen LogP contribution >= 0.6 is 0 Å². The standard InChI is InChI=1S/C12H12O2/c1-2-10-14-12-7-5-11(6-8-12)4-3-9-13/h2-9H,1,10H2/b4-3+. The van der Waals surface area contributed by atoms with Crippen molar-refractivity contribution >= 4 is 12.4 Å². The zero-order valence-corrected chi connectivity index (χ0v) is 7.85.